The number of thioether (sulfide) groups is 1. The van der Waals surface area contributed by atoms with Gasteiger partial charge in [-0.15, -0.1) is 24.9 Å². The Kier molecular flexibility index (Phi) is 9.56. The Labute approximate surface area is 288 Å². The van der Waals surface area contributed by atoms with Gasteiger partial charge in [0.2, 0.25) is 11.8 Å². The van der Waals surface area contributed by atoms with Crippen LogP contribution in [0, 0.1) is 11.8 Å². The third-order valence-corrected chi connectivity index (χ3v) is 12.9. The molecule has 3 aliphatic heterocycles. The smallest absolute Gasteiger partial charge is 0.251 e. The van der Waals surface area contributed by atoms with E-state index in [-0.39, 0.29) is 47.5 Å². The molecule has 1 spiro atoms. The molecule has 3 amide bonds. The fraction of sp³-hybridized carbons (Fsp3) is 0.378. The summed E-state index contributed by atoms with van der Waals surface area (Å²) in [5, 5.41) is 12.2. The minimum atomic E-state index is -0.889. The van der Waals surface area contributed by atoms with Gasteiger partial charge in [0.25, 0.3) is 5.91 Å². The minimum Gasteiger partial charge on any atom is -0.494 e. The second kappa shape index (κ2) is 13.5. The van der Waals surface area contributed by atoms with E-state index in [1.165, 1.54) is 0 Å². The van der Waals surface area contributed by atoms with Crippen LogP contribution in [0.1, 0.15) is 20.3 Å². The maximum Gasteiger partial charge on any atom is 0.251 e. The van der Waals surface area contributed by atoms with Crippen LogP contribution in [0.2, 0.25) is 0 Å². The first kappa shape index (κ1) is 33.3. The predicted octanol–water partition coefficient (Wildman–Crippen LogP) is 5.82. The van der Waals surface area contributed by atoms with Crippen molar-refractivity contribution in [2.75, 3.05) is 36.1 Å². The van der Waals surface area contributed by atoms with Crippen LogP contribution in [0.15, 0.2) is 92.0 Å². The number of hydrogen-bond donors (Lipinski definition) is 1. The number of fused-ring (bicyclic) bond motifs is 2. The van der Waals surface area contributed by atoms with Crippen LogP contribution < -0.4 is 14.5 Å². The lowest BCUT2D eigenvalue weighted by atomic mass is 9.70. The molecule has 3 aromatic rings. The van der Waals surface area contributed by atoms with Crippen molar-refractivity contribution in [1.29, 1.82) is 0 Å². The topological polar surface area (TPSA) is 90.4 Å². The first-order valence-corrected chi connectivity index (χ1v) is 17.8. The number of halogens is 1. The van der Waals surface area contributed by atoms with Crippen LogP contribution in [0.5, 0.6) is 5.75 Å². The van der Waals surface area contributed by atoms with E-state index < -0.39 is 28.7 Å². The number of hydrogen-bond acceptors (Lipinski definition) is 6. The SMILES string of the molecule is C=CCN(C(=O)C1N([C@H](C)CO)C(=O)[C@@H]2[C@H](C(=O)N(CC=C)c3ccc(OCC)cc3)[C@H]3SC12CC3Br)c1ccc2ccccc2c1. The molecule has 0 radical (unpaired) electrons. The molecule has 47 heavy (non-hydrogen) atoms. The molecule has 0 saturated carbocycles. The molecule has 2 bridgehead atoms. The summed E-state index contributed by atoms with van der Waals surface area (Å²) in [5.74, 6) is -1.41. The van der Waals surface area contributed by atoms with Gasteiger partial charge in [0.1, 0.15) is 11.8 Å². The largest absolute Gasteiger partial charge is 0.494 e. The van der Waals surface area contributed by atoms with Crippen LogP contribution in [0.25, 0.3) is 10.8 Å². The zero-order chi connectivity index (χ0) is 33.5. The number of amides is 3. The lowest BCUT2D eigenvalue weighted by Crippen LogP contribution is -2.57. The number of likely N-dealkylation sites (tertiary alicyclic amines) is 1. The highest BCUT2D eigenvalue weighted by atomic mass is 79.9. The Bertz CT molecular complexity index is 1700. The van der Waals surface area contributed by atoms with Crippen molar-refractivity contribution in [3.05, 3.63) is 92.0 Å². The van der Waals surface area contributed by atoms with Gasteiger partial charge in [0.15, 0.2) is 0 Å². The second-order valence-corrected chi connectivity index (χ2v) is 15.1. The standard InChI is InChI=1S/C37H40BrN3O5S/c1-5-18-39(26-14-16-28(17-15-26)46-7-3)34(43)30-31-35(44)41(23(4)22-42)33(37(31)21-29(38)32(30)47-37)36(45)40(19-6-2)27-13-12-24-10-8-9-11-25(24)20-27/h5-6,8-17,20,23,29-33,42H,1-2,7,18-19,21-22H2,3-4H3/t23-,29?,30+,31+,32+,33?,37?/m1/s1. The first-order chi connectivity index (χ1) is 22.7. The molecule has 0 aromatic heterocycles. The third kappa shape index (κ3) is 5.58. The molecule has 10 heteroatoms. The van der Waals surface area contributed by atoms with Gasteiger partial charge in [0.05, 0.1) is 35.8 Å². The van der Waals surface area contributed by atoms with Gasteiger partial charge in [0, 0.05) is 34.5 Å². The number of anilines is 2. The zero-order valence-electron chi connectivity index (χ0n) is 26.6. The number of aliphatic hydroxyl groups excluding tert-OH is 1. The van der Waals surface area contributed by atoms with Crippen molar-refractivity contribution in [2.24, 2.45) is 11.8 Å². The van der Waals surface area contributed by atoms with Gasteiger partial charge >= 0.3 is 0 Å². The average Bonchev–Trinajstić information content (AvgIpc) is 3.68. The van der Waals surface area contributed by atoms with Crippen LogP contribution in [0.3, 0.4) is 0 Å². The molecule has 3 heterocycles. The van der Waals surface area contributed by atoms with Crippen molar-refractivity contribution in [2.45, 2.75) is 47.2 Å². The maximum atomic E-state index is 15.0. The summed E-state index contributed by atoms with van der Waals surface area (Å²) in [4.78, 5) is 49.1. The lowest BCUT2D eigenvalue weighted by molar-refractivity contribution is -0.141. The number of benzene rings is 3. The van der Waals surface area contributed by atoms with E-state index >= 15 is 0 Å². The van der Waals surface area contributed by atoms with Crippen LogP contribution in [0.4, 0.5) is 11.4 Å². The molecule has 3 aliphatic rings. The second-order valence-electron chi connectivity index (χ2n) is 12.4. The molecule has 3 unspecified atom stereocenters. The number of carbonyl (C=O) groups excluding carboxylic acids is 3. The number of nitrogens with zero attached hydrogens (tertiary/aromatic N) is 3. The van der Waals surface area contributed by atoms with E-state index in [0.717, 1.165) is 10.8 Å². The Morgan fingerprint density at radius 2 is 1.68 bits per heavy atom. The van der Waals surface area contributed by atoms with E-state index in [1.54, 1.807) is 45.5 Å². The quantitative estimate of drug-likeness (QED) is 0.188. The van der Waals surface area contributed by atoms with Crippen LogP contribution in [-0.2, 0) is 14.4 Å². The Morgan fingerprint density at radius 3 is 2.32 bits per heavy atom. The van der Waals surface area contributed by atoms with E-state index in [1.807, 2.05) is 73.7 Å². The van der Waals surface area contributed by atoms with Gasteiger partial charge in [-0.1, -0.05) is 58.4 Å². The zero-order valence-corrected chi connectivity index (χ0v) is 29.0. The number of rotatable bonds is 12. The summed E-state index contributed by atoms with van der Waals surface area (Å²) in [5.41, 5.74) is 1.38. The highest BCUT2D eigenvalue weighted by molar-refractivity contribution is 9.09. The Hall–Kier alpha value is -3.60. The fourth-order valence-electron chi connectivity index (χ4n) is 7.66. The van der Waals surface area contributed by atoms with Crippen molar-refractivity contribution in [3.63, 3.8) is 0 Å². The minimum absolute atomic E-state index is 0.0929. The molecule has 0 aliphatic carbocycles. The number of alkyl halides is 1. The number of ether oxygens (including phenoxy) is 1. The predicted molar refractivity (Wildman–Crippen MR) is 192 cm³/mol. The lowest BCUT2D eigenvalue weighted by Gasteiger charge is -2.39. The molecular formula is C37H40BrN3O5S. The molecule has 1 N–H and O–H groups in total. The van der Waals surface area contributed by atoms with E-state index in [0.29, 0.717) is 30.2 Å². The molecule has 3 saturated heterocycles. The van der Waals surface area contributed by atoms with E-state index in [4.69, 9.17) is 4.74 Å². The van der Waals surface area contributed by atoms with Gasteiger partial charge in [-0.2, -0.15) is 0 Å². The van der Waals surface area contributed by atoms with Crippen LogP contribution in [-0.4, -0.2) is 80.9 Å². The average molecular weight is 719 g/mol. The highest BCUT2D eigenvalue weighted by Crippen LogP contribution is 2.68. The maximum absolute atomic E-state index is 15.0. The Balaban J connectivity index is 1.41. The van der Waals surface area contributed by atoms with Crippen LogP contribution >= 0.6 is 27.7 Å². The van der Waals surface area contributed by atoms with Gasteiger partial charge < -0.3 is 24.5 Å². The van der Waals surface area contributed by atoms with Gasteiger partial charge in [-0.25, -0.2) is 0 Å². The summed E-state index contributed by atoms with van der Waals surface area (Å²) in [6, 6.07) is 19.7. The van der Waals surface area contributed by atoms with Gasteiger partial charge in [-0.05, 0) is 67.4 Å². The fourth-order valence-corrected chi connectivity index (χ4v) is 11.2. The molecule has 246 valence electrons. The van der Waals surface area contributed by atoms with Crippen molar-refractivity contribution >= 4 is 67.6 Å². The summed E-state index contributed by atoms with van der Waals surface area (Å²) in [7, 11) is 0. The number of carbonyl (C=O) groups is 3. The van der Waals surface area contributed by atoms with E-state index in [2.05, 4.69) is 29.1 Å². The first-order valence-electron chi connectivity index (χ1n) is 16.0. The molecule has 7 atom stereocenters. The van der Waals surface area contributed by atoms with Crippen molar-refractivity contribution < 1.29 is 24.2 Å². The molecular weight excluding hydrogens is 678 g/mol. The highest BCUT2D eigenvalue weighted by Gasteiger charge is 2.76. The van der Waals surface area contributed by atoms with Crippen molar-refractivity contribution in [1.82, 2.24) is 4.90 Å². The monoisotopic (exact) mass is 717 g/mol. The van der Waals surface area contributed by atoms with Crippen molar-refractivity contribution in [3.8, 4) is 5.75 Å². The summed E-state index contributed by atoms with van der Waals surface area (Å²) in [6.45, 7) is 12.2. The Morgan fingerprint density at radius 1 is 1.04 bits per heavy atom. The number of aliphatic hydroxyl groups is 1. The third-order valence-electron chi connectivity index (χ3n) is 9.64. The van der Waals surface area contributed by atoms with Gasteiger partial charge in [-0.3, -0.25) is 14.4 Å². The van der Waals surface area contributed by atoms with E-state index in [9.17, 15) is 19.5 Å². The summed E-state index contributed by atoms with van der Waals surface area (Å²) >= 11 is 5.45. The molecule has 3 fully saturated rings. The molecule has 8 nitrogen and oxygen atoms in total. The summed E-state index contributed by atoms with van der Waals surface area (Å²) in [6.07, 6.45) is 3.90. The summed E-state index contributed by atoms with van der Waals surface area (Å²) < 4.78 is 4.74. The molecule has 3 aromatic carbocycles. The normalized spacial score (nSPS) is 26.6. The molecule has 6 rings (SSSR count).